The molecule has 1 aliphatic rings. The number of halogens is 1. The first kappa shape index (κ1) is 18.9. The molecule has 0 saturated carbocycles. The maximum absolute atomic E-state index is 4.47. The molecular formula is C19H27BrN6. The Hall–Kier alpha value is -1.89. The lowest BCUT2D eigenvalue weighted by Crippen LogP contribution is -2.49. The molecule has 0 aliphatic carbocycles. The predicted octanol–water partition coefficient (Wildman–Crippen LogP) is 2.81. The van der Waals surface area contributed by atoms with Gasteiger partial charge in [0.15, 0.2) is 5.96 Å². The highest BCUT2D eigenvalue weighted by atomic mass is 79.9. The number of nitrogens with one attached hydrogen (secondary N) is 2. The van der Waals surface area contributed by atoms with Gasteiger partial charge in [-0.1, -0.05) is 48.0 Å². The Balaban J connectivity index is 1.59. The van der Waals surface area contributed by atoms with Gasteiger partial charge < -0.3 is 10.6 Å². The van der Waals surface area contributed by atoms with Crippen LogP contribution in [0, 0.1) is 6.92 Å². The van der Waals surface area contributed by atoms with Gasteiger partial charge in [0.05, 0.1) is 6.54 Å². The van der Waals surface area contributed by atoms with Crippen molar-refractivity contribution in [2.75, 3.05) is 13.6 Å². The molecule has 2 heterocycles. The average molecular weight is 419 g/mol. The molecule has 0 radical (unpaired) electrons. The van der Waals surface area contributed by atoms with Gasteiger partial charge in [0.2, 0.25) is 0 Å². The molecule has 1 aromatic heterocycles. The van der Waals surface area contributed by atoms with Gasteiger partial charge in [-0.3, -0.25) is 4.99 Å². The van der Waals surface area contributed by atoms with E-state index in [1.807, 2.05) is 24.7 Å². The summed E-state index contributed by atoms with van der Waals surface area (Å²) < 4.78 is 3.14. The first-order chi connectivity index (χ1) is 12.4. The van der Waals surface area contributed by atoms with Crippen LogP contribution in [0.25, 0.3) is 0 Å². The maximum atomic E-state index is 4.47. The Labute approximate surface area is 163 Å². The van der Waals surface area contributed by atoms with Crippen molar-refractivity contribution in [3.05, 3.63) is 46.0 Å². The summed E-state index contributed by atoms with van der Waals surface area (Å²) in [6, 6.07) is 8.68. The molecule has 0 spiro atoms. The van der Waals surface area contributed by atoms with Crippen LogP contribution in [0.15, 0.2) is 33.7 Å². The summed E-state index contributed by atoms with van der Waals surface area (Å²) in [6.07, 6.45) is 1.98. The van der Waals surface area contributed by atoms with Crippen LogP contribution >= 0.6 is 15.9 Å². The van der Waals surface area contributed by atoms with Crippen molar-refractivity contribution in [3.8, 4) is 0 Å². The minimum Gasteiger partial charge on any atom is -0.356 e. The monoisotopic (exact) mass is 418 g/mol. The van der Waals surface area contributed by atoms with Crippen LogP contribution in [0.4, 0.5) is 0 Å². The van der Waals surface area contributed by atoms with Crippen molar-refractivity contribution in [3.63, 3.8) is 0 Å². The molecule has 0 bridgehead atoms. The fraction of sp³-hybridized carbons (Fsp3) is 0.526. The number of hydrogen-bond donors (Lipinski definition) is 2. The van der Waals surface area contributed by atoms with Crippen LogP contribution in [-0.4, -0.2) is 40.4 Å². The standard InChI is InChI=1S/C19H27BrN6/c1-13-23-17-10-9-14(11-26(17)25-13)24-18(21-4)22-12-19(2,3)15-7-5-6-8-16(15)20/h5-8,14H,9-12H2,1-4H3,(H2,21,22,24). The zero-order chi connectivity index (χ0) is 18.7. The van der Waals surface area contributed by atoms with Crippen LogP contribution < -0.4 is 10.6 Å². The summed E-state index contributed by atoms with van der Waals surface area (Å²) in [5.41, 5.74) is 1.25. The van der Waals surface area contributed by atoms with Crippen LogP contribution in [0.1, 0.15) is 37.5 Å². The quantitative estimate of drug-likeness (QED) is 0.591. The van der Waals surface area contributed by atoms with Gasteiger partial charge in [0, 0.05) is 35.9 Å². The molecule has 3 rings (SSSR count). The Morgan fingerprint density at radius 3 is 2.88 bits per heavy atom. The fourth-order valence-electron chi connectivity index (χ4n) is 3.35. The van der Waals surface area contributed by atoms with E-state index in [2.05, 4.69) is 73.7 Å². The zero-order valence-corrected chi connectivity index (χ0v) is 17.5. The first-order valence-electron chi connectivity index (χ1n) is 9.01. The van der Waals surface area contributed by atoms with E-state index in [0.29, 0.717) is 6.04 Å². The van der Waals surface area contributed by atoms with E-state index in [4.69, 9.17) is 0 Å². The molecule has 0 saturated heterocycles. The van der Waals surface area contributed by atoms with Gasteiger partial charge in [0.1, 0.15) is 11.6 Å². The Bertz CT molecular complexity index is 795. The van der Waals surface area contributed by atoms with Crippen molar-refractivity contribution < 1.29 is 0 Å². The molecule has 1 unspecified atom stereocenters. The highest BCUT2D eigenvalue weighted by Crippen LogP contribution is 2.29. The van der Waals surface area contributed by atoms with E-state index >= 15 is 0 Å². The van der Waals surface area contributed by atoms with Gasteiger partial charge in [-0.15, -0.1) is 0 Å². The van der Waals surface area contributed by atoms with E-state index in [0.717, 1.165) is 48.0 Å². The first-order valence-corrected chi connectivity index (χ1v) is 9.81. The van der Waals surface area contributed by atoms with Crippen molar-refractivity contribution >= 4 is 21.9 Å². The molecule has 7 heteroatoms. The number of hydrogen-bond acceptors (Lipinski definition) is 3. The maximum Gasteiger partial charge on any atom is 0.191 e. The summed E-state index contributed by atoms with van der Waals surface area (Å²) >= 11 is 3.66. The van der Waals surface area contributed by atoms with Crippen molar-refractivity contribution in [1.29, 1.82) is 0 Å². The van der Waals surface area contributed by atoms with Crippen molar-refractivity contribution in [1.82, 2.24) is 25.4 Å². The topological polar surface area (TPSA) is 67.1 Å². The van der Waals surface area contributed by atoms with Crippen LogP contribution in [0.5, 0.6) is 0 Å². The Morgan fingerprint density at radius 1 is 1.38 bits per heavy atom. The summed E-state index contributed by atoms with van der Waals surface area (Å²) in [6.45, 7) is 8.02. The van der Waals surface area contributed by atoms with Gasteiger partial charge in [-0.2, -0.15) is 5.10 Å². The summed E-state index contributed by atoms with van der Waals surface area (Å²) in [7, 11) is 1.81. The van der Waals surface area contributed by atoms with Gasteiger partial charge in [-0.05, 0) is 25.0 Å². The van der Waals surface area contributed by atoms with Gasteiger partial charge in [0.25, 0.3) is 0 Å². The summed E-state index contributed by atoms with van der Waals surface area (Å²) in [5.74, 6) is 2.76. The number of rotatable bonds is 4. The fourth-order valence-corrected chi connectivity index (χ4v) is 4.17. The van der Waals surface area contributed by atoms with E-state index in [1.54, 1.807) is 0 Å². The normalized spacial score (nSPS) is 17.7. The van der Waals surface area contributed by atoms with E-state index in [9.17, 15) is 0 Å². The lowest BCUT2D eigenvalue weighted by atomic mass is 9.84. The molecule has 2 N–H and O–H groups in total. The summed E-state index contributed by atoms with van der Waals surface area (Å²) in [5, 5.41) is 11.5. The number of aliphatic imine (C=N–C) groups is 1. The number of aryl methyl sites for hydroxylation is 2. The van der Waals surface area contributed by atoms with Gasteiger partial charge in [-0.25, -0.2) is 9.67 Å². The van der Waals surface area contributed by atoms with Crippen molar-refractivity contribution in [2.24, 2.45) is 4.99 Å². The third-order valence-corrected chi connectivity index (χ3v) is 5.52. The average Bonchev–Trinajstić information content (AvgIpc) is 2.98. The molecule has 2 aromatic rings. The molecule has 1 atom stereocenters. The van der Waals surface area contributed by atoms with Gasteiger partial charge >= 0.3 is 0 Å². The highest BCUT2D eigenvalue weighted by molar-refractivity contribution is 9.10. The molecule has 1 aromatic carbocycles. The smallest absolute Gasteiger partial charge is 0.191 e. The lowest BCUT2D eigenvalue weighted by Gasteiger charge is -2.30. The minimum atomic E-state index is -0.0273. The van der Waals surface area contributed by atoms with E-state index < -0.39 is 0 Å². The minimum absolute atomic E-state index is 0.0273. The number of nitrogens with zero attached hydrogens (tertiary/aromatic N) is 4. The second kappa shape index (κ2) is 7.78. The Morgan fingerprint density at radius 2 is 2.15 bits per heavy atom. The third-order valence-electron chi connectivity index (χ3n) is 4.83. The highest BCUT2D eigenvalue weighted by Gasteiger charge is 2.25. The SMILES string of the molecule is CN=C(NCC(C)(C)c1ccccc1Br)NC1CCc2nc(C)nn2C1. The number of aromatic nitrogens is 3. The Kier molecular flexibility index (Phi) is 5.65. The van der Waals surface area contributed by atoms with Crippen LogP contribution in [0.2, 0.25) is 0 Å². The molecule has 26 heavy (non-hydrogen) atoms. The molecule has 140 valence electrons. The summed E-state index contributed by atoms with van der Waals surface area (Å²) in [4.78, 5) is 8.87. The van der Waals surface area contributed by atoms with E-state index in [1.165, 1.54) is 5.56 Å². The van der Waals surface area contributed by atoms with Crippen LogP contribution in [0.3, 0.4) is 0 Å². The van der Waals surface area contributed by atoms with Crippen molar-refractivity contribution in [2.45, 2.75) is 51.6 Å². The van der Waals surface area contributed by atoms with Crippen LogP contribution in [-0.2, 0) is 18.4 Å². The molecule has 1 aliphatic heterocycles. The van der Waals surface area contributed by atoms with E-state index in [-0.39, 0.29) is 5.41 Å². The molecule has 6 nitrogen and oxygen atoms in total. The molecule has 0 fully saturated rings. The second-order valence-corrected chi connectivity index (χ2v) is 8.28. The second-order valence-electron chi connectivity index (χ2n) is 7.43. The largest absolute Gasteiger partial charge is 0.356 e. The number of fused-ring (bicyclic) bond motifs is 1. The molecule has 0 amide bonds. The lowest BCUT2D eigenvalue weighted by molar-refractivity contribution is 0.390. The number of benzene rings is 1. The predicted molar refractivity (Wildman–Crippen MR) is 109 cm³/mol. The third kappa shape index (κ3) is 4.26. The number of guanidine groups is 1. The molecular weight excluding hydrogens is 392 g/mol. The zero-order valence-electron chi connectivity index (χ0n) is 15.9.